The van der Waals surface area contributed by atoms with Crippen LogP contribution in [0.15, 0.2) is 30.3 Å². The molecule has 3 aliphatic carbocycles. The topological polar surface area (TPSA) is 53.3 Å². The molecule has 1 aromatic carbocycles. The number of halogens is 5. The molecular formula is C26H26ClF4N7. The van der Waals surface area contributed by atoms with Crippen LogP contribution in [0.25, 0.3) is 5.69 Å². The van der Waals surface area contributed by atoms with Crippen molar-refractivity contribution in [1.82, 2.24) is 24.6 Å². The van der Waals surface area contributed by atoms with E-state index in [1.807, 2.05) is 22.8 Å². The van der Waals surface area contributed by atoms with E-state index < -0.39 is 17.1 Å². The number of fused-ring (bicyclic) bond motifs is 3. The van der Waals surface area contributed by atoms with Crippen LogP contribution in [-0.2, 0) is 13.1 Å². The highest BCUT2D eigenvalue weighted by atomic mass is 35.5. The van der Waals surface area contributed by atoms with Crippen LogP contribution < -0.4 is 9.80 Å². The number of aryl methyl sites for hydroxylation is 1. The van der Waals surface area contributed by atoms with Crippen molar-refractivity contribution in [2.45, 2.75) is 51.0 Å². The first-order chi connectivity index (χ1) is 18.1. The number of alkyl halides is 3. The fraction of sp³-hybridized carbons (Fsp3) is 0.500. The van der Waals surface area contributed by atoms with Gasteiger partial charge < -0.3 is 9.80 Å². The zero-order valence-electron chi connectivity index (χ0n) is 20.8. The Kier molecular flexibility index (Phi) is 5.11. The Balaban J connectivity index is 1.17. The molecule has 3 saturated carbocycles. The summed E-state index contributed by atoms with van der Waals surface area (Å²) >= 11 is 6.36. The van der Waals surface area contributed by atoms with Crippen molar-refractivity contribution in [3.05, 3.63) is 58.3 Å². The summed E-state index contributed by atoms with van der Waals surface area (Å²) in [5.74, 6) is 1.84. The Morgan fingerprint density at radius 1 is 0.921 bits per heavy atom. The molecule has 0 atom stereocenters. The number of aromatic nitrogens is 4. The summed E-state index contributed by atoms with van der Waals surface area (Å²) < 4.78 is 56.4. The van der Waals surface area contributed by atoms with E-state index in [4.69, 9.17) is 11.6 Å². The van der Waals surface area contributed by atoms with Gasteiger partial charge >= 0.3 is 6.18 Å². The molecule has 7 nitrogen and oxygen atoms in total. The lowest BCUT2D eigenvalue weighted by molar-refractivity contribution is -0.364. The Morgan fingerprint density at radius 2 is 1.63 bits per heavy atom. The molecule has 0 spiro atoms. The van der Waals surface area contributed by atoms with E-state index in [2.05, 4.69) is 29.9 Å². The quantitative estimate of drug-likeness (QED) is 0.435. The fourth-order valence-corrected chi connectivity index (χ4v) is 6.94. The summed E-state index contributed by atoms with van der Waals surface area (Å²) in [6.45, 7) is 5.29. The fourth-order valence-electron chi connectivity index (χ4n) is 6.74. The molecular weight excluding hydrogens is 522 g/mol. The van der Waals surface area contributed by atoms with Crippen molar-refractivity contribution < 1.29 is 17.6 Å². The van der Waals surface area contributed by atoms with Crippen molar-refractivity contribution >= 4 is 23.4 Å². The number of hydrogen-bond acceptors (Lipinski definition) is 6. The largest absolute Gasteiger partial charge is 0.394 e. The number of piperazine rings is 1. The normalized spacial score (nSPS) is 26.8. The summed E-state index contributed by atoms with van der Waals surface area (Å²) in [7, 11) is 0. The van der Waals surface area contributed by atoms with Crippen molar-refractivity contribution in [2.24, 2.45) is 5.41 Å². The summed E-state index contributed by atoms with van der Waals surface area (Å²) in [6, 6.07) is 8.80. The average Bonchev–Trinajstić information content (AvgIpc) is 3.14. The van der Waals surface area contributed by atoms with Crippen LogP contribution in [0.3, 0.4) is 0 Å². The molecule has 0 amide bonds. The SMILES string of the molecule is Cc1nc(N2CCN(c3nnc4n3-c3ccc(Cl)cc3CN(C35CC(C(F)(F)F)(C3)C5)C4)CC2)ccc1F. The van der Waals surface area contributed by atoms with E-state index in [9.17, 15) is 17.6 Å². The predicted octanol–water partition coefficient (Wildman–Crippen LogP) is 4.89. The van der Waals surface area contributed by atoms with Gasteiger partial charge in [0.25, 0.3) is 0 Å². The van der Waals surface area contributed by atoms with E-state index in [0.29, 0.717) is 61.8 Å². The molecule has 0 N–H and O–H groups in total. The van der Waals surface area contributed by atoms with Crippen LogP contribution in [0.5, 0.6) is 0 Å². The van der Waals surface area contributed by atoms with Crippen molar-refractivity contribution in [2.75, 3.05) is 36.0 Å². The van der Waals surface area contributed by atoms with Crippen LogP contribution in [-0.4, -0.2) is 62.5 Å². The van der Waals surface area contributed by atoms with Crippen LogP contribution >= 0.6 is 11.6 Å². The van der Waals surface area contributed by atoms with Gasteiger partial charge in [-0.2, -0.15) is 13.2 Å². The summed E-state index contributed by atoms with van der Waals surface area (Å²) in [5.41, 5.74) is 0.252. The lowest BCUT2D eigenvalue weighted by Gasteiger charge is -2.73. The molecule has 3 aromatic rings. The molecule has 4 fully saturated rings. The van der Waals surface area contributed by atoms with Gasteiger partial charge in [-0.1, -0.05) is 11.6 Å². The minimum absolute atomic E-state index is 0.138. The molecule has 2 aliphatic heterocycles. The molecule has 1 saturated heterocycles. The highest BCUT2D eigenvalue weighted by Crippen LogP contribution is 2.75. The molecule has 8 rings (SSSR count). The summed E-state index contributed by atoms with van der Waals surface area (Å²) in [4.78, 5) is 10.8. The van der Waals surface area contributed by atoms with Gasteiger partial charge in [0.1, 0.15) is 11.6 Å². The number of rotatable bonds is 3. The Bertz CT molecular complexity index is 1410. The zero-order valence-corrected chi connectivity index (χ0v) is 21.5. The van der Waals surface area contributed by atoms with E-state index in [1.54, 1.807) is 13.0 Å². The van der Waals surface area contributed by atoms with Gasteiger partial charge in [-0.3, -0.25) is 9.47 Å². The molecule has 12 heteroatoms. The zero-order chi connectivity index (χ0) is 26.4. The van der Waals surface area contributed by atoms with Crippen molar-refractivity contribution in [3.63, 3.8) is 0 Å². The third-order valence-corrected chi connectivity index (χ3v) is 9.09. The predicted molar refractivity (Wildman–Crippen MR) is 134 cm³/mol. The summed E-state index contributed by atoms with van der Waals surface area (Å²) in [6.07, 6.45) is -3.74. The van der Waals surface area contributed by atoms with Gasteiger partial charge in [-0.25, -0.2) is 9.37 Å². The number of nitrogens with zero attached hydrogens (tertiary/aromatic N) is 7. The van der Waals surface area contributed by atoms with Crippen molar-refractivity contribution in [1.29, 1.82) is 0 Å². The summed E-state index contributed by atoms with van der Waals surface area (Å²) in [5, 5.41) is 9.66. The van der Waals surface area contributed by atoms with Crippen LogP contribution in [0, 0.1) is 18.2 Å². The maximum atomic E-state index is 13.7. The molecule has 4 heterocycles. The maximum absolute atomic E-state index is 13.7. The van der Waals surface area contributed by atoms with E-state index in [0.717, 1.165) is 17.1 Å². The molecule has 0 radical (unpaired) electrons. The Hall–Kier alpha value is -2.92. The molecule has 38 heavy (non-hydrogen) atoms. The number of anilines is 2. The molecule has 200 valence electrons. The third kappa shape index (κ3) is 3.47. The van der Waals surface area contributed by atoms with E-state index in [-0.39, 0.29) is 25.1 Å². The van der Waals surface area contributed by atoms with E-state index in [1.165, 1.54) is 6.07 Å². The van der Waals surface area contributed by atoms with Gasteiger partial charge in [0.2, 0.25) is 5.95 Å². The van der Waals surface area contributed by atoms with Crippen LogP contribution in [0.1, 0.15) is 36.3 Å². The first-order valence-corrected chi connectivity index (χ1v) is 13.1. The number of hydrogen-bond donors (Lipinski definition) is 0. The highest BCUT2D eigenvalue weighted by Gasteiger charge is 2.79. The maximum Gasteiger partial charge on any atom is 0.394 e. The monoisotopic (exact) mass is 547 g/mol. The number of benzene rings is 1. The lowest BCUT2D eigenvalue weighted by atomic mass is 9.38. The molecule has 0 unspecified atom stereocenters. The molecule has 2 bridgehead atoms. The molecule has 2 aromatic heterocycles. The van der Waals surface area contributed by atoms with Crippen molar-refractivity contribution in [3.8, 4) is 5.69 Å². The lowest BCUT2D eigenvalue weighted by Crippen LogP contribution is -2.78. The second-order valence-corrected chi connectivity index (χ2v) is 11.6. The second-order valence-electron chi connectivity index (χ2n) is 11.1. The highest BCUT2D eigenvalue weighted by molar-refractivity contribution is 6.30. The van der Waals surface area contributed by atoms with Crippen LogP contribution in [0.2, 0.25) is 5.02 Å². The number of pyridine rings is 1. The van der Waals surface area contributed by atoms with Crippen LogP contribution in [0.4, 0.5) is 29.3 Å². The average molecular weight is 548 g/mol. The first-order valence-electron chi connectivity index (χ1n) is 12.8. The van der Waals surface area contributed by atoms with Gasteiger partial charge in [0.05, 0.1) is 23.3 Å². The smallest absolute Gasteiger partial charge is 0.353 e. The molecule has 5 aliphatic rings. The van der Waals surface area contributed by atoms with Gasteiger partial charge in [0.15, 0.2) is 5.82 Å². The second kappa shape index (κ2) is 8.05. The minimum atomic E-state index is -4.15. The first kappa shape index (κ1) is 24.1. The van der Waals surface area contributed by atoms with Gasteiger partial charge in [0, 0.05) is 43.3 Å². The standard InChI is InChI=1S/C26H26ClF4N7/c1-16-19(28)3-5-21(32-16)35-6-8-36(9-7-35)23-34-33-22-12-37(25-13-24(14-25,15-25)26(29,30)31)11-17-10-18(27)2-4-20(17)38(22)23/h2-5,10H,6-9,11-15H2,1H3. The van der Waals surface area contributed by atoms with E-state index >= 15 is 0 Å². The minimum Gasteiger partial charge on any atom is -0.353 e. The van der Waals surface area contributed by atoms with Gasteiger partial charge in [-0.15, -0.1) is 10.2 Å². The Labute approximate surface area is 222 Å². The third-order valence-electron chi connectivity index (χ3n) is 8.86. The van der Waals surface area contributed by atoms with Gasteiger partial charge in [-0.05, 0) is 62.1 Å². The Morgan fingerprint density at radius 3 is 2.32 bits per heavy atom.